The maximum Gasteiger partial charge on any atom is 0.737 e. The molecule has 10 atom stereocenters. The molecule has 9 rings (SSSR count). The minimum atomic E-state index is -4.10. The SMILES string of the molecule is Cc1cc(C)n2c1C=C1C=CC(CCC(=O)NCCCn3cc(CN4C(=O)C5CC=C([C@@H]6C[C@@H](OC(=O)CI)[C@]7(C)[C@H](C)CC[C@]8(C[C@H](O)C(=O)[C@]87O)[C@H]6C)CC5C4=O)nn3)=[N+]1[B-]2(F)F. The Morgan fingerprint density at radius 1 is 1.12 bits per heavy atom. The van der Waals surface area contributed by atoms with Gasteiger partial charge >= 0.3 is 12.9 Å². The number of allylic oxidation sites excluding steroid dienone is 4. The zero-order valence-electron chi connectivity index (χ0n) is 37.4. The Balaban J connectivity index is 0.808. The van der Waals surface area contributed by atoms with Crippen LogP contribution < -0.4 is 5.32 Å². The summed E-state index contributed by atoms with van der Waals surface area (Å²) in [7, 11) is 0. The van der Waals surface area contributed by atoms with Crippen LogP contribution >= 0.6 is 22.6 Å². The topological polar surface area (TPSA) is 189 Å². The lowest BCUT2D eigenvalue weighted by Gasteiger charge is -2.60. The van der Waals surface area contributed by atoms with Crippen LogP contribution in [0.1, 0.15) is 101 Å². The van der Waals surface area contributed by atoms with E-state index in [9.17, 15) is 34.2 Å². The lowest BCUT2D eigenvalue weighted by atomic mass is 9.46. The van der Waals surface area contributed by atoms with Crippen LogP contribution in [0.15, 0.2) is 41.8 Å². The van der Waals surface area contributed by atoms with E-state index in [1.54, 1.807) is 42.1 Å². The molecule has 19 heteroatoms. The largest absolute Gasteiger partial charge is 0.737 e. The second-order valence-electron chi connectivity index (χ2n) is 19.9. The van der Waals surface area contributed by atoms with E-state index in [1.165, 1.54) is 4.90 Å². The number of ketones is 1. The molecule has 7 aliphatic rings. The molecule has 3 aliphatic heterocycles. The number of alkyl halides is 1. The molecule has 2 aromatic heterocycles. The van der Waals surface area contributed by atoms with Gasteiger partial charge in [-0.3, -0.25) is 33.6 Å². The number of amides is 3. The van der Waals surface area contributed by atoms with Crippen LogP contribution in [0.3, 0.4) is 0 Å². The molecule has 3 saturated carbocycles. The number of Topliss-reactive ketones (excluding diaryl/α,β-unsaturated/α-hetero) is 1. The fraction of sp³-hybridized carbons (Fsp3) is 0.609. The third-order valence-electron chi connectivity index (χ3n) is 16.8. The van der Waals surface area contributed by atoms with E-state index >= 15 is 8.63 Å². The molecule has 4 fully saturated rings. The highest BCUT2D eigenvalue weighted by Crippen LogP contribution is 2.71. The summed E-state index contributed by atoms with van der Waals surface area (Å²) in [6, 6.07) is 1.75. The Hall–Kier alpha value is -4.37. The average Bonchev–Trinajstić information content (AvgIpc) is 4.07. The van der Waals surface area contributed by atoms with Gasteiger partial charge in [-0.2, -0.15) is 0 Å². The number of ether oxygens (including phenoxy) is 1. The number of aryl methyl sites for hydroxylation is 3. The molecule has 5 heterocycles. The number of rotatable bonds is 12. The number of likely N-dealkylation sites (tertiary alicyclic amines) is 1. The molecule has 65 heavy (non-hydrogen) atoms. The number of carbonyl (C=O) groups excluding carboxylic acids is 5. The number of hydrogen-bond acceptors (Lipinski definition) is 10. The number of aromatic nitrogens is 4. The minimum Gasteiger partial charge on any atom is -0.461 e. The Labute approximate surface area is 390 Å². The molecule has 15 nitrogen and oxygen atoms in total. The van der Waals surface area contributed by atoms with E-state index in [1.807, 2.05) is 56.4 Å². The van der Waals surface area contributed by atoms with Gasteiger partial charge in [0.05, 0.1) is 29.0 Å². The first-order valence-corrected chi connectivity index (χ1v) is 24.5. The van der Waals surface area contributed by atoms with Gasteiger partial charge in [-0.15, -0.1) is 5.10 Å². The summed E-state index contributed by atoms with van der Waals surface area (Å²) in [4.78, 5) is 68.9. The zero-order valence-corrected chi connectivity index (χ0v) is 39.6. The van der Waals surface area contributed by atoms with Crippen molar-refractivity contribution < 1.29 is 52.0 Å². The first-order chi connectivity index (χ1) is 30.8. The highest BCUT2D eigenvalue weighted by atomic mass is 127. The van der Waals surface area contributed by atoms with E-state index in [0.717, 1.165) is 20.1 Å². The van der Waals surface area contributed by atoms with Crippen LogP contribution in [0.25, 0.3) is 6.08 Å². The van der Waals surface area contributed by atoms with Gasteiger partial charge in [0.15, 0.2) is 11.5 Å². The number of aliphatic hydroxyl groups is 2. The van der Waals surface area contributed by atoms with E-state index in [-0.39, 0.29) is 65.7 Å². The third-order valence-corrected chi connectivity index (χ3v) is 17.4. The van der Waals surface area contributed by atoms with Gasteiger partial charge in [0.1, 0.15) is 29.2 Å². The minimum absolute atomic E-state index is 0.0405. The van der Waals surface area contributed by atoms with Crippen LogP contribution in [0.2, 0.25) is 0 Å². The van der Waals surface area contributed by atoms with Crippen molar-refractivity contribution in [3.63, 3.8) is 0 Å². The average molecular weight is 1010 g/mol. The lowest BCUT2D eigenvalue weighted by molar-refractivity contribution is -0.362. The van der Waals surface area contributed by atoms with Crippen molar-refractivity contribution in [2.75, 3.05) is 11.0 Å². The molecule has 2 aromatic rings. The molecule has 3 N–H and O–H groups in total. The van der Waals surface area contributed by atoms with Crippen molar-refractivity contribution in [3.8, 4) is 0 Å². The van der Waals surface area contributed by atoms with Crippen LogP contribution in [-0.4, -0.2) is 110 Å². The Bertz CT molecular complexity index is 2520. The predicted molar refractivity (Wildman–Crippen MR) is 242 cm³/mol. The van der Waals surface area contributed by atoms with Crippen molar-refractivity contribution >= 4 is 70.8 Å². The van der Waals surface area contributed by atoms with Crippen molar-refractivity contribution in [1.82, 2.24) is 29.7 Å². The van der Waals surface area contributed by atoms with E-state index < -0.39 is 59.2 Å². The first kappa shape index (κ1) is 45.8. The van der Waals surface area contributed by atoms with Crippen molar-refractivity contribution in [1.29, 1.82) is 0 Å². The molecule has 0 aromatic carbocycles. The number of halogens is 3. The van der Waals surface area contributed by atoms with Crippen molar-refractivity contribution in [3.05, 3.63) is 64.4 Å². The molecule has 0 spiro atoms. The number of carbonyl (C=O) groups is 5. The number of aliphatic hydroxyl groups excluding tert-OH is 1. The first-order valence-electron chi connectivity index (χ1n) is 22.9. The van der Waals surface area contributed by atoms with E-state index in [4.69, 9.17) is 4.74 Å². The summed E-state index contributed by atoms with van der Waals surface area (Å²) >= 11 is 1.94. The van der Waals surface area contributed by atoms with Crippen LogP contribution in [-0.2, 0) is 41.8 Å². The van der Waals surface area contributed by atoms with Gasteiger partial charge < -0.3 is 37.9 Å². The Morgan fingerprint density at radius 3 is 2.63 bits per heavy atom. The highest BCUT2D eigenvalue weighted by Gasteiger charge is 2.78. The molecule has 4 aliphatic carbocycles. The fourth-order valence-corrected chi connectivity index (χ4v) is 13.5. The van der Waals surface area contributed by atoms with Crippen LogP contribution in [0.5, 0.6) is 0 Å². The quantitative estimate of drug-likeness (QED) is 0.0516. The summed E-state index contributed by atoms with van der Waals surface area (Å²) < 4.78 is 41.5. The van der Waals surface area contributed by atoms with Crippen LogP contribution in [0, 0.1) is 54.3 Å². The third kappa shape index (κ3) is 6.88. The number of nitrogens with one attached hydrogen (secondary N) is 1. The molecule has 0 radical (unpaired) electrons. The predicted octanol–water partition coefficient (Wildman–Crippen LogP) is 4.60. The van der Waals surface area contributed by atoms with Gasteiger partial charge in [0.2, 0.25) is 17.7 Å². The second-order valence-corrected chi connectivity index (χ2v) is 20.6. The van der Waals surface area contributed by atoms with Crippen LogP contribution in [0.4, 0.5) is 8.63 Å². The number of imide groups is 1. The Morgan fingerprint density at radius 2 is 1.88 bits per heavy atom. The van der Waals surface area contributed by atoms with Gasteiger partial charge in [0.25, 0.3) is 0 Å². The molecule has 1 saturated heterocycles. The highest BCUT2D eigenvalue weighted by molar-refractivity contribution is 14.1. The maximum absolute atomic E-state index is 15.8. The number of fused-ring (bicyclic) bond motifs is 3. The summed E-state index contributed by atoms with van der Waals surface area (Å²) in [6.07, 6.45) is 9.57. The summed E-state index contributed by atoms with van der Waals surface area (Å²) in [5, 5.41) is 35.2. The normalized spacial score (nSPS) is 34.5. The molecule has 2 unspecified atom stereocenters. The molecular formula is C46H57BF2IN7O8. The monoisotopic (exact) mass is 1010 g/mol. The molecule has 3 amide bonds. The maximum atomic E-state index is 15.8. The summed E-state index contributed by atoms with van der Waals surface area (Å²) in [6.45, 7) is 5.88. The lowest BCUT2D eigenvalue weighted by Crippen LogP contribution is -2.69. The standard InChI is InChI=1S/C46H57BF2IN7O8/c1-25-17-27(3)56-36(25)19-32-9-8-31(57(32)47(56,48)49)10-12-39(59)51-15-6-16-54-23-30(52-53-54)24-55-42(62)33-11-7-29(18-35(33)43(55)63)34-20-38(65-40(60)22-50)44(5)26(2)13-14-45(28(34)4)21-37(58)41(61)46(44,45)64/h7-9,17,19,23,26,28,33-35,37-38,58,64H,6,10-16,18,20-22,24H2,1-5H3,(H,51,59)/t26-,28+,33?,34-,35?,37+,38-,44+,45+,46-/m1/s1. The smallest absolute Gasteiger partial charge is 0.461 e. The summed E-state index contributed by atoms with van der Waals surface area (Å²) in [5.74, 6) is -3.88. The molecule has 348 valence electrons. The second kappa shape index (κ2) is 16.5. The molecular weight excluding hydrogens is 954 g/mol. The van der Waals surface area contributed by atoms with Gasteiger partial charge in [-0.25, -0.2) is 0 Å². The Kier molecular flexibility index (Phi) is 11.6. The number of esters is 1. The van der Waals surface area contributed by atoms with Crippen molar-refractivity contribution in [2.24, 2.45) is 40.4 Å². The van der Waals surface area contributed by atoms with Crippen molar-refractivity contribution in [2.45, 2.75) is 123 Å². The summed E-state index contributed by atoms with van der Waals surface area (Å²) in [5.41, 5.74) is -0.118. The van der Waals surface area contributed by atoms with Gasteiger partial charge in [0, 0.05) is 60.7 Å². The number of hydrogen-bond donors (Lipinski definition) is 3. The van der Waals surface area contributed by atoms with E-state index in [2.05, 4.69) is 15.6 Å². The fourth-order valence-electron chi connectivity index (χ4n) is 13.3. The van der Waals surface area contributed by atoms with E-state index in [0.29, 0.717) is 80.1 Å². The van der Waals surface area contributed by atoms with Gasteiger partial charge in [-0.05, 0) is 93.9 Å². The molecule has 2 bridgehead atoms. The van der Waals surface area contributed by atoms with Gasteiger partial charge in [-0.1, -0.05) is 60.2 Å². The number of nitrogens with zero attached hydrogens (tertiary/aromatic N) is 6. The zero-order chi connectivity index (χ0) is 46.5.